The molecule has 1 fully saturated rings. The summed E-state index contributed by atoms with van der Waals surface area (Å²) in [5, 5.41) is 0. The van der Waals surface area contributed by atoms with Gasteiger partial charge in [-0.05, 0) is 24.6 Å². The zero-order valence-corrected chi connectivity index (χ0v) is 12.2. The third-order valence-electron chi connectivity index (χ3n) is 3.24. The van der Waals surface area contributed by atoms with Gasteiger partial charge < -0.3 is 9.64 Å². The van der Waals surface area contributed by atoms with Crippen LogP contribution in [0, 0.1) is 12.8 Å². The first-order valence-corrected chi connectivity index (χ1v) is 6.63. The Morgan fingerprint density at radius 1 is 1.56 bits per heavy atom. The average molecular weight is 310 g/mol. The number of ether oxygens (including phenoxy) is 1. The Morgan fingerprint density at radius 3 is 2.83 bits per heavy atom. The second-order valence-electron chi connectivity index (χ2n) is 4.48. The normalized spacial score (nSPS) is 19.2. The van der Waals surface area contributed by atoms with Gasteiger partial charge in [0.1, 0.15) is 5.75 Å². The maximum absolute atomic E-state index is 12.0. The fraction of sp³-hybridized carbons (Fsp3) is 0.357. The Bertz CT molecular complexity index is 499. The quantitative estimate of drug-likeness (QED) is 0.802. The van der Waals surface area contributed by atoms with Gasteiger partial charge in [-0.1, -0.05) is 22.0 Å². The number of rotatable bonds is 3. The van der Waals surface area contributed by atoms with E-state index in [1.165, 1.54) is 0 Å². The van der Waals surface area contributed by atoms with Gasteiger partial charge in [0.2, 0.25) is 5.91 Å². The molecule has 1 amide bonds. The third-order valence-corrected chi connectivity index (χ3v) is 4.09. The lowest BCUT2D eigenvalue weighted by Crippen LogP contribution is -2.25. The van der Waals surface area contributed by atoms with E-state index in [1.54, 1.807) is 12.0 Å². The van der Waals surface area contributed by atoms with Gasteiger partial charge in [0.05, 0.1) is 12.8 Å². The molecule has 1 aromatic carbocycles. The Labute approximate surface area is 116 Å². The molecule has 1 aromatic rings. The SMILES string of the molecule is C=CC1CC(=O)N(c2cc(C)c(Br)cc2OC)C1. The molecule has 1 aliphatic rings. The first-order chi connectivity index (χ1) is 8.56. The van der Waals surface area contributed by atoms with Crippen molar-refractivity contribution in [1.29, 1.82) is 0 Å². The predicted molar refractivity (Wildman–Crippen MR) is 76.1 cm³/mol. The van der Waals surface area contributed by atoms with Crippen molar-refractivity contribution in [2.75, 3.05) is 18.6 Å². The van der Waals surface area contributed by atoms with Gasteiger partial charge in [0, 0.05) is 23.4 Å². The van der Waals surface area contributed by atoms with Gasteiger partial charge >= 0.3 is 0 Å². The van der Waals surface area contributed by atoms with Crippen LogP contribution in [0.15, 0.2) is 29.3 Å². The first kappa shape index (κ1) is 13.1. The number of hydrogen-bond acceptors (Lipinski definition) is 2. The molecule has 96 valence electrons. The second kappa shape index (κ2) is 5.14. The van der Waals surface area contributed by atoms with Crippen LogP contribution in [0.25, 0.3) is 0 Å². The van der Waals surface area contributed by atoms with Gasteiger partial charge in [-0.3, -0.25) is 4.79 Å². The van der Waals surface area contributed by atoms with Crippen molar-refractivity contribution in [3.05, 3.63) is 34.8 Å². The molecule has 0 saturated carbocycles. The Kier molecular flexibility index (Phi) is 3.76. The highest BCUT2D eigenvalue weighted by atomic mass is 79.9. The van der Waals surface area contributed by atoms with Crippen LogP contribution in [0.1, 0.15) is 12.0 Å². The van der Waals surface area contributed by atoms with E-state index in [-0.39, 0.29) is 11.8 Å². The molecule has 0 aromatic heterocycles. The number of nitrogens with zero attached hydrogens (tertiary/aromatic N) is 1. The molecule has 1 heterocycles. The number of anilines is 1. The van der Waals surface area contributed by atoms with E-state index < -0.39 is 0 Å². The average Bonchev–Trinajstić information content (AvgIpc) is 2.73. The highest BCUT2D eigenvalue weighted by Crippen LogP contribution is 2.37. The van der Waals surface area contributed by atoms with Crippen molar-refractivity contribution in [2.24, 2.45) is 5.92 Å². The van der Waals surface area contributed by atoms with Crippen LogP contribution in [0.2, 0.25) is 0 Å². The van der Waals surface area contributed by atoms with Crippen molar-refractivity contribution in [2.45, 2.75) is 13.3 Å². The maximum Gasteiger partial charge on any atom is 0.227 e. The van der Waals surface area contributed by atoms with Crippen LogP contribution in [-0.2, 0) is 4.79 Å². The number of amides is 1. The summed E-state index contributed by atoms with van der Waals surface area (Å²) in [4.78, 5) is 13.8. The van der Waals surface area contributed by atoms with E-state index in [2.05, 4.69) is 22.5 Å². The molecule has 0 N–H and O–H groups in total. The number of carbonyl (C=O) groups excluding carboxylic acids is 1. The number of hydrogen-bond donors (Lipinski definition) is 0. The fourth-order valence-electron chi connectivity index (χ4n) is 2.15. The number of aryl methyl sites for hydroxylation is 1. The summed E-state index contributed by atoms with van der Waals surface area (Å²) < 4.78 is 6.34. The van der Waals surface area contributed by atoms with Gasteiger partial charge in [-0.25, -0.2) is 0 Å². The lowest BCUT2D eigenvalue weighted by molar-refractivity contribution is -0.117. The molecule has 0 bridgehead atoms. The minimum absolute atomic E-state index is 0.125. The molecule has 2 rings (SSSR count). The van der Waals surface area contributed by atoms with Crippen LogP contribution >= 0.6 is 15.9 Å². The molecule has 0 spiro atoms. The minimum Gasteiger partial charge on any atom is -0.495 e. The van der Waals surface area contributed by atoms with Crippen LogP contribution in [-0.4, -0.2) is 19.6 Å². The summed E-state index contributed by atoms with van der Waals surface area (Å²) in [5.41, 5.74) is 1.92. The van der Waals surface area contributed by atoms with E-state index in [0.717, 1.165) is 15.7 Å². The van der Waals surface area contributed by atoms with E-state index in [0.29, 0.717) is 18.7 Å². The van der Waals surface area contributed by atoms with Crippen LogP contribution < -0.4 is 9.64 Å². The molecular weight excluding hydrogens is 294 g/mol. The van der Waals surface area contributed by atoms with Crippen LogP contribution in [0.3, 0.4) is 0 Å². The monoisotopic (exact) mass is 309 g/mol. The van der Waals surface area contributed by atoms with E-state index in [4.69, 9.17) is 4.74 Å². The molecule has 1 unspecified atom stereocenters. The second-order valence-corrected chi connectivity index (χ2v) is 5.33. The summed E-state index contributed by atoms with van der Waals surface area (Å²) in [6.07, 6.45) is 2.37. The molecule has 18 heavy (non-hydrogen) atoms. The van der Waals surface area contributed by atoms with Crippen LogP contribution in [0.5, 0.6) is 5.75 Å². The zero-order valence-electron chi connectivity index (χ0n) is 10.6. The summed E-state index contributed by atoms with van der Waals surface area (Å²) >= 11 is 3.47. The highest BCUT2D eigenvalue weighted by molar-refractivity contribution is 9.10. The van der Waals surface area contributed by atoms with Crippen molar-refractivity contribution < 1.29 is 9.53 Å². The van der Waals surface area contributed by atoms with Crippen molar-refractivity contribution >= 4 is 27.5 Å². The van der Waals surface area contributed by atoms with Gasteiger partial charge in [0.25, 0.3) is 0 Å². The zero-order chi connectivity index (χ0) is 13.3. The number of carbonyl (C=O) groups is 1. The maximum atomic E-state index is 12.0. The summed E-state index contributed by atoms with van der Waals surface area (Å²) in [6.45, 7) is 6.44. The predicted octanol–water partition coefficient (Wildman–Crippen LogP) is 3.31. The standard InChI is InChI=1S/C14H16BrNO2/c1-4-10-6-14(17)16(8-10)12-5-9(2)11(15)7-13(12)18-3/h4-5,7,10H,1,6,8H2,2-3H3. The molecular formula is C14H16BrNO2. The molecule has 0 aliphatic carbocycles. The van der Waals surface area contributed by atoms with Gasteiger partial charge in [-0.2, -0.15) is 0 Å². The van der Waals surface area contributed by atoms with Crippen molar-refractivity contribution in [3.8, 4) is 5.75 Å². The van der Waals surface area contributed by atoms with Crippen molar-refractivity contribution in [1.82, 2.24) is 0 Å². The molecule has 4 heteroatoms. The topological polar surface area (TPSA) is 29.5 Å². The molecule has 1 saturated heterocycles. The van der Waals surface area contributed by atoms with E-state index in [1.807, 2.05) is 25.1 Å². The van der Waals surface area contributed by atoms with E-state index >= 15 is 0 Å². The van der Waals surface area contributed by atoms with E-state index in [9.17, 15) is 4.79 Å². The molecule has 3 nitrogen and oxygen atoms in total. The summed E-state index contributed by atoms with van der Waals surface area (Å²) in [7, 11) is 1.62. The Morgan fingerprint density at radius 2 is 2.28 bits per heavy atom. The highest BCUT2D eigenvalue weighted by Gasteiger charge is 2.30. The number of benzene rings is 1. The Hall–Kier alpha value is -1.29. The smallest absolute Gasteiger partial charge is 0.227 e. The Balaban J connectivity index is 2.41. The van der Waals surface area contributed by atoms with Crippen molar-refractivity contribution in [3.63, 3.8) is 0 Å². The summed E-state index contributed by atoms with van der Waals surface area (Å²) in [5.74, 6) is 1.07. The first-order valence-electron chi connectivity index (χ1n) is 5.84. The van der Waals surface area contributed by atoms with Gasteiger partial charge in [0.15, 0.2) is 0 Å². The van der Waals surface area contributed by atoms with Gasteiger partial charge in [-0.15, -0.1) is 6.58 Å². The minimum atomic E-state index is 0.125. The third kappa shape index (κ3) is 2.29. The largest absolute Gasteiger partial charge is 0.495 e. The number of methoxy groups -OCH3 is 1. The molecule has 1 aliphatic heterocycles. The number of halogens is 1. The lowest BCUT2D eigenvalue weighted by Gasteiger charge is -2.20. The lowest BCUT2D eigenvalue weighted by atomic mass is 10.1. The summed E-state index contributed by atoms with van der Waals surface area (Å²) in [6, 6.07) is 3.88. The molecule has 0 radical (unpaired) electrons. The van der Waals surface area contributed by atoms with Crippen LogP contribution in [0.4, 0.5) is 5.69 Å². The molecule has 1 atom stereocenters. The fourth-order valence-corrected chi connectivity index (χ4v) is 2.47.